The minimum atomic E-state index is -0.184. The molecule has 1 amide bonds. The summed E-state index contributed by atoms with van der Waals surface area (Å²) >= 11 is 0. The Morgan fingerprint density at radius 2 is 2.18 bits per heavy atom. The van der Waals surface area contributed by atoms with Crippen molar-refractivity contribution in [3.8, 4) is 5.75 Å². The molecule has 2 rings (SSSR count). The van der Waals surface area contributed by atoms with E-state index in [1.54, 1.807) is 13.2 Å². The second-order valence-electron chi connectivity index (χ2n) is 3.59. The van der Waals surface area contributed by atoms with Gasteiger partial charge in [0.15, 0.2) is 0 Å². The maximum absolute atomic E-state index is 11.7. The number of pyridine rings is 1. The van der Waals surface area contributed by atoms with Crippen molar-refractivity contribution in [3.63, 3.8) is 0 Å². The third-order valence-electron chi connectivity index (χ3n) is 2.47. The van der Waals surface area contributed by atoms with Gasteiger partial charge in [-0.2, -0.15) is 0 Å². The first-order valence-corrected chi connectivity index (χ1v) is 5.48. The van der Waals surface area contributed by atoms with Crippen LogP contribution in [-0.4, -0.2) is 24.5 Å². The van der Waals surface area contributed by atoms with Gasteiger partial charge in [0, 0.05) is 18.0 Å². The zero-order chi connectivity index (χ0) is 12.3. The van der Waals surface area contributed by atoms with Crippen LogP contribution in [0.15, 0.2) is 30.3 Å². The molecule has 0 unspecified atom stereocenters. The van der Waals surface area contributed by atoms with E-state index in [0.29, 0.717) is 18.0 Å². The number of rotatable bonds is 3. The predicted octanol–water partition coefficient (Wildman–Crippen LogP) is 1.99. The van der Waals surface area contributed by atoms with Gasteiger partial charge in [0.25, 0.3) is 5.91 Å². The molecule has 1 aromatic carbocycles. The molecule has 0 atom stereocenters. The highest BCUT2D eigenvalue weighted by Crippen LogP contribution is 2.24. The summed E-state index contributed by atoms with van der Waals surface area (Å²) in [6.45, 7) is 2.45. The van der Waals surface area contributed by atoms with E-state index in [2.05, 4.69) is 10.3 Å². The van der Waals surface area contributed by atoms with E-state index < -0.39 is 0 Å². The van der Waals surface area contributed by atoms with Crippen LogP contribution in [0.25, 0.3) is 10.9 Å². The summed E-state index contributed by atoms with van der Waals surface area (Å²) in [4.78, 5) is 16.0. The van der Waals surface area contributed by atoms with E-state index in [4.69, 9.17) is 4.74 Å². The van der Waals surface area contributed by atoms with Gasteiger partial charge in [-0.05, 0) is 19.1 Å². The van der Waals surface area contributed by atoms with E-state index in [1.165, 1.54) is 0 Å². The lowest BCUT2D eigenvalue weighted by molar-refractivity contribution is 0.0951. The summed E-state index contributed by atoms with van der Waals surface area (Å²) in [5.41, 5.74) is 1.13. The Balaban J connectivity index is 2.56. The van der Waals surface area contributed by atoms with Crippen LogP contribution >= 0.6 is 0 Å². The lowest BCUT2D eigenvalue weighted by atomic mass is 10.2. The van der Waals surface area contributed by atoms with Crippen molar-refractivity contribution in [2.24, 2.45) is 0 Å². The average molecular weight is 230 g/mol. The molecular formula is C13H14N2O2. The van der Waals surface area contributed by atoms with Crippen molar-refractivity contribution >= 4 is 16.8 Å². The zero-order valence-corrected chi connectivity index (χ0v) is 9.86. The Bertz CT molecular complexity index is 552. The number of carbonyl (C=O) groups is 1. The molecule has 0 spiro atoms. The molecule has 0 saturated carbocycles. The number of benzene rings is 1. The summed E-state index contributed by atoms with van der Waals surface area (Å²) in [5.74, 6) is 0.480. The van der Waals surface area contributed by atoms with E-state index >= 15 is 0 Å². The van der Waals surface area contributed by atoms with Crippen LogP contribution in [0, 0.1) is 0 Å². The highest BCUT2D eigenvalue weighted by molar-refractivity contribution is 5.96. The van der Waals surface area contributed by atoms with Crippen LogP contribution in [0.5, 0.6) is 5.75 Å². The Labute approximate surface area is 99.6 Å². The maximum Gasteiger partial charge on any atom is 0.270 e. The van der Waals surface area contributed by atoms with E-state index in [-0.39, 0.29) is 5.91 Å². The van der Waals surface area contributed by atoms with Crippen molar-refractivity contribution in [1.29, 1.82) is 0 Å². The van der Waals surface area contributed by atoms with Crippen LogP contribution in [-0.2, 0) is 0 Å². The molecule has 1 heterocycles. The molecule has 1 aromatic heterocycles. The quantitative estimate of drug-likeness (QED) is 0.877. The molecule has 0 radical (unpaired) electrons. The minimum Gasteiger partial charge on any atom is -0.496 e. The number of fused-ring (bicyclic) bond motifs is 1. The van der Waals surface area contributed by atoms with Crippen LogP contribution in [0.4, 0.5) is 0 Å². The fourth-order valence-corrected chi connectivity index (χ4v) is 1.68. The topological polar surface area (TPSA) is 51.2 Å². The highest BCUT2D eigenvalue weighted by Gasteiger charge is 2.11. The first kappa shape index (κ1) is 11.4. The Hall–Kier alpha value is -2.10. The molecule has 0 aliphatic carbocycles. The predicted molar refractivity (Wildman–Crippen MR) is 66.3 cm³/mol. The number of amides is 1. The third kappa shape index (κ3) is 2.20. The van der Waals surface area contributed by atoms with Gasteiger partial charge in [0.2, 0.25) is 0 Å². The van der Waals surface area contributed by atoms with Crippen molar-refractivity contribution in [2.75, 3.05) is 13.7 Å². The van der Waals surface area contributed by atoms with Crippen molar-refractivity contribution in [2.45, 2.75) is 6.92 Å². The van der Waals surface area contributed by atoms with E-state index in [0.717, 1.165) is 10.9 Å². The smallest absolute Gasteiger partial charge is 0.270 e. The molecule has 0 aliphatic heterocycles. The molecule has 0 aliphatic rings. The molecule has 0 saturated heterocycles. The standard InChI is InChI=1S/C13H14N2O2/c1-3-14-13(16)11-8-12(17-2)9-6-4-5-7-10(9)15-11/h4-8H,3H2,1-2H3,(H,14,16). The van der Waals surface area contributed by atoms with Gasteiger partial charge in [-0.25, -0.2) is 4.98 Å². The fraction of sp³-hybridized carbons (Fsp3) is 0.231. The van der Waals surface area contributed by atoms with E-state index in [9.17, 15) is 4.79 Å². The molecule has 0 bridgehead atoms. The maximum atomic E-state index is 11.7. The first-order chi connectivity index (χ1) is 8.26. The van der Waals surface area contributed by atoms with Crippen LogP contribution in [0.2, 0.25) is 0 Å². The van der Waals surface area contributed by atoms with Gasteiger partial charge in [-0.3, -0.25) is 4.79 Å². The van der Waals surface area contributed by atoms with Gasteiger partial charge < -0.3 is 10.1 Å². The van der Waals surface area contributed by atoms with Gasteiger partial charge >= 0.3 is 0 Å². The molecule has 88 valence electrons. The Kier molecular flexibility index (Phi) is 3.23. The minimum absolute atomic E-state index is 0.184. The number of nitrogens with zero attached hydrogens (tertiary/aromatic N) is 1. The fourth-order valence-electron chi connectivity index (χ4n) is 1.68. The van der Waals surface area contributed by atoms with Gasteiger partial charge in [0.05, 0.1) is 12.6 Å². The summed E-state index contributed by atoms with van der Waals surface area (Å²) in [6.07, 6.45) is 0. The SMILES string of the molecule is CCNC(=O)c1cc(OC)c2ccccc2n1. The number of nitrogens with one attached hydrogen (secondary N) is 1. The average Bonchev–Trinajstić information content (AvgIpc) is 2.37. The number of hydrogen-bond donors (Lipinski definition) is 1. The molecule has 4 nitrogen and oxygen atoms in total. The van der Waals surface area contributed by atoms with Gasteiger partial charge in [-0.1, -0.05) is 12.1 Å². The molecule has 0 fully saturated rings. The molecule has 2 aromatic rings. The van der Waals surface area contributed by atoms with E-state index in [1.807, 2.05) is 31.2 Å². The van der Waals surface area contributed by atoms with Crippen LogP contribution in [0.3, 0.4) is 0 Å². The van der Waals surface area contributed by atoms with Crippen molar-refractivity contribution in [1.82, 2.24) is 10.3 Å². The Morgan fingerprint density at radius 1 is 1.41 bits per heavy atom. The molecule has 1 N–H and O–H groups in total. The second kappa shape index (κ2) is 4.82. The summed E-state index contributed by atoms with van der Waals surface area (Å²) in [6, 6.07) is 9.24. The molecular weight excluding hydrogens is 216 g/mol. The largest absolute Gasteiger partial charge is 0.496 e. The monoisotopic (exact) mass is 230 g/mol. The number of hydrogen-bond acceptors (Lipinski definition) is 3. The number of aromatic nitrogens is 1. The number of ether oxygens (including phenoxy) is 1. The van der Waals surface area contributed by atoms with Crippen LogP contribution < -0.4 is 10.1 Å². The molecule has 4 heteroatoms. The van der Waals surface area contributed by atoms with Crippen molar-refractivity contribution in [3.05, 3.63) is 36.0 Å². The normalized spacial score (nSPS) is 10.2. The third-order valence-corrected chi connectivity index (χ3v) is 2.47. The lowest BCUT2D eigenvalue weighted by Gasteiger charge is -2.08. The summed E-state index contributed by atoms with van der Waals surface area (Å²) in [5, 5.41) is 3.63. The number of para-hydroxylation sites is 1. The van der Waals surface area contributed by atoms with Crippen molar-refractivity contribution < 1.29 is 9.53 Å². The first-order valence-electron chi connectivity index (χ1n) is 5.48. The zero-order valence-electron chi connectivity index (χ0n) is 9.86. The van der Waals surface area contributed by atoms with Gasteiger partial charge in [0.1, 0.15) is 11.4 Å². The lowest BCUT2D eigenvalue weighted by Crippen LogP contribution is -2.23. The second-order valence-corrected chi connectivity index (χ2v) is 3.59. The summed E-state index contributed by atoms with van der Waals surface area (Å²) < 4.78 is 5.28. The number of carbonyl (C=O) groups excluding carboxylic acids is 1. The molecule has 17 heavy (non-hydrogen) atoms. The van der Waals surface area contributed by atoms with Gasteiger partial charge in [-0.15, -0.1) is 0 Å². The number of methoxy groups -OCH3 is 1. The highest BCUT2D eigenvalue weighted by atomic mass is 16.5. The van der Waals surface area contributed by atoms with Crippen LogP contribution in [0.1, 0.15) is 17.4 Å². The Morgan fingerprint density at radius 3 is 2.88 bits per heavy atom. The summed E-state index contributed by atoms with van der Waals surface area (Å²) in [7, 11) is 1.59.